The second-order valence-corrected chi connectivity index (χ2v) is 6.82. The quantitative estimate of drug-likeness (QED) is 0.827. The highest BCUT2D eigenvalue weighted by Gasteiger charge is 2.28. The zero-order valence-corrected chi connectivity index (χ0v) is 12.6. The summed E-state index contributed by atoms with van der Waals surface area (Å²) in [5, 5.41) is 3.52. The number of hydrogen-bond acceptors (Lipinski definition) is 2. The Morgan fingerprint density at radius 2 is 1.89 bits per heavy atom. The summed E-state index contributed by atoms with van der Waals surface area (Å²) >= 11 is 0. The Morgan fingerprint density at radius 1 is 1.06 bits per heavy atom. The maximum atomic E-state index is 3.52. The highest BCUT2D eigenvalue weighted by molar-refractivity contribution is 4.85. The molecule has 1 aliphatic carbocycles. The lowest BCUT2D eigenvalue weighted by molar-refractivity contribution is 0.217. The van der Waals surface area contributed by atoms with Gasteiger partial charge in [0.15, 0.2) is 0 Å². The minimum absolute atomic E-state index is 0.786. The summed E-state index contributed by atoms with van der Waals surface area (Å²) in [4.78, 5) is 2.75. The minimum Gasteiger partial charge on any atom is -0.317 e. The maximum absolute atomic E-state index is 3.52. The van der Waals surface area contributed by atoms with Crippen LogP contribution in [0.5, 0.6) is 0 Å². The van der Waals surface area contributed by atoms with Crippen LogP contribution < -0.4 is 5.32 Å². The van der Waals surface area contributed by atoms with Gasteiger partial charge >= 0.3 is 0 Å². The van der Waals surface area contributed by atoms with Crippen LogP contribution in [-0.2, 0) is 0 Å². The minimum atomic E-state index is 0.786. The lowest BCUT2D eigenvalue weighted by Crippen LogP contribution is -2.38. The third-order valence-corrected chi connectivity index (χ3v) is 5.33. The molecule has 0 aromatic carbocycles. The first-order chi connectivity index (χ1) is 8.70. The number of nitrogens with zero attached hydrogens (tertiary/aromatic N) is 1. The van der Waals surface area contributed by atoms with Gasteiger partial charge in [0.05, 0.1) is 0 Å². The van der Waals surface area contributed by atoms with Crippen LogP contribution in [0.3, 0.4) is 0 Å². The first-order valence-corrected chi connectivity index (χ1v) is 8.10. The van der Waals surface area contributed by atoms with E-state index in [2.05, 4.69) is 31.1 Å². The Bertz CT molecular complexity index is 239. The molecule has 0 radical (unpaired) electrons. The van der Waals surface area contributed by atoms with Gasteiger partial charge in [0.1, 0.15) is 0 Å². The van der Waals surface area contributed by atoms with Crippen LogP contribution >= 0.6 is 0 Å². The van der Waals surface area contributed by atoms with Crippen molar-refractivity contribution in [1.82, 2.24) is 10.2 Å². The second-order valence-electron chi connectivity index (χ2n) is 6.82. The average molecular weight is 252 g/mol. The van der Waals surface area contributed by atoms with Gasteiger partial charge in [-0.3, -0.25) is 0 Å². The molecule has 2 aliphatic rings. The molecule has 1 N–H and O–H groups in total. The van der Waals surface area contributed by atoms with Crippen LogP contribution in [0.4, 0.5) is 0 Å². The van der Waals surface area contributed by atoms with Gasteiger partial charge in [-0.25, -0.2) is 0 Å². The molecule has 0 spiro atoms. The van der Waals surface area contributed by atoms with Crippen molar-refractivity contribution < 1.29 is 0 Å². The first kappa shape index (κ1) is 14.3. The number of nitrogens with one attached hydrogen (secondary N) is 1. The fourth-order valence-electron chi connectivity index (χ4n) is 4.00. The molecule has 0 amide bonds. The number of likely N-dealkylation sites (tertiary alicyclic amines) is 1. The van der Waals surface area contributed by atoms with E-state index in [1.54, 1.807) is 0 Å². The zero-order valence-electron chi connectivity index (χ0n) is 12.6. The molecule has 1 saturated heterocycles. The van der Waals surface area contributed by atoms with Crippen LogP contribution in [-0.4, -0.2) is 37.6 Å². The van der Waals surface area contributed by atoms with Gasteiger partial charge in [-0.2, -0.15) is 0 Å². The predicted molar refractivity (Wildman–Crippen MR) is 78.8 cm³/mol. The average Bonchev–Trinajstić information content (AvgIpc) is 2.65. The van der Waals surface area contributed by atoms with Gasteiger partial charge in [0, 0.05) is 12.6 Å². The maximum Gasteiger partial charge on any atom is 0.0104 e. The van der Waals surface area contributed by atoms with Crippen molar-refractivity contribution in [2.45, 2.75) is 58.4 Å². The fourth-order valence-corrected chi connectivity index (χ4v) is 4.00. The molecule has 3 atom stereocenters. The van der Waals surface area contributed by atoms with Crippen molar-refractivity contribution in [1.29, 1.82) is 0 Å². The SMILES string of the molecule is CNC1CCCC1CN1CCCC(C(C)C)CC1. The van der Waals surface area contributed by atoms with Gasteiger partial charge < -0.3 is 10.2 Å². The van der Waals surface area contributed by atoms with Gasteiger partial charge in [-0.05, 0) is 70.0 Å². The lowest BCUT2D eigenvalue weighted by Gasteiger charge is -2.27. The van der Waals surface area contributed by atoms with Gasteiger partial charge in [-0.15, -0.1) is 0 Å². The van der Waals surface area contributed by atoms with E-state index in [9.17, 15) is 0 Å². The molecule has 106 valence electrons. The number of hydrogen-bond donors (Lipinski definition) is 1. The third-order valence-electron chi connectivity index (χ3n) is 5.33. The van der Waals surface area contributed by atoms with E-state index < -0.39 is 0 Å². The molecule has 2 rings (SSSR count). The zero-order chi connectivity index (χ0) is 13.0. The van der Waals surface area contributed by atoms with Gasteiger partial charge in [-0.1, -0.05) is 20.3 Å². The highest BCUT2D eigenvalue weighted by Crippen LogP contribution is 2.29. The monoisotopic (exact) mass is 252 g/mol. The molecule has 1 aliphatic heterocycles. The molecular formula is C16H32N2. The van der Waals surface area contributed by atoms with Crippen molar-refractivity contribution >= 4 is 0 Å². The summed E-state index contributed by atoms with van der Waals surface area (Å²) < 4.78 is 0. The van der Waals surface area contributed by atoms with E-state index in [4.69, 9.17) is 0 Å². The van der Waals surface area contributed by atoms with E-state index in [0.29, 0.717) is 0 Å². The Kier molecular flexibility index (Phi) is 5.50. The molecule has 18 heavy (non-hydrogen) atoms. The summed E-state index contributed by atoms with van der Waals surface area (Å²) in [6.07, 6.45) is 8.56. The number of rotatable bonds is 4. The topological polar surface area (TPSA) is 15.3 Å². The Morgan fingerprint density at radius 3 is 2.61 bits per heavy atom. The van der Waals surface area contributed by atoms with Gasteiger partial charge in [0.2, 0.25) is 0 Å². The van der Waals surface area contributed by atoms with Crippen molar-refractivity contribution in [3.63, 3.8) is 0 Å². The summed E-state index contributed by atoms with van der Waals surface area (Å²) in [7, 11) is 2.14. The lowest BCUT2D eigenvalue weighted by atomic mass is 9.89. The molecule has 2 fully saturated rings. The second kappa shape index (κ2) is 6.91. The molecule has 3 unspecified atom stereocenters. The van der Waals surface area contributed by atoms with E-state index in [0.717, 1.165) is 23.8 Å². The highest BCUT2D eigenvalue weighted by atomic mass is 15.1. The van der Waals surface area contributed by atoms with Crippen LogP contribution in [0.1, 0.15) is 52.4 Å². The molecule has 0 aromatic rings. The van der Waals surface area contributed by atoms with Crippen molar-refractivity contribution in [3.05, 3.63) is 0 Å². The first-order valence-electron chi connectivity index (χ1n) is 8.10. The van der Waals surface area contributed by atoms with E-state index >= 15 is 0 Å². The van der Waals surface area contributed by atoms with Crippen LogP contribution in [0, 0.1) is 17.8 Å². The smallest absolute Gasteiger partial charge is 0.0104 e. The Hall–Kier alpha value is -0.0800. The molecular weight excluding hydrogens is 220 g/mol. The van der Waals surface area contributed by atoms with E-state index in [1.165, 1.54) is 58.2 Å². The standard InChI is InChI=1S/C16H32N2/c1-13(2)14-7-5-10-18(11-9-14)12-15-6-4-8-16(15)17-3/h13-17H,4-12H2,1-3H3. The summed E-state index contributed by atoms with van der Waals surface area (Å²) in [6.45, 7) is 8.82. The molecule has 2 heteroatoms. The summed E-state index contributed by atoms with van der Waals surface area (Å²) in [5.74, 6) is 2.76. The molecule has 1 saturated carbocycles. The summed E-state index contributed by atoms with van der Waals surface area (Å²) in [5.41, 5.74) is 0. The fraction of sp³-hybridized carbons (Fsp3) is 1.00. The van der Waals surface area contributed by atoms with Crippen LogP contribution in [0.15, 0.2) is 0 Å². The largest absolute Gasteiger partial charge is 0.317 e. The Labute approximate surface area is 114 Å². The predicted octanol–water partition coefficient (Wildman–Crippen LogP) is 3.13. The van der Waals surface area contributed by atoms with Crippen molar-refractivity contribution in [2.75, 3.05) is 26.7 Å². The normalized spacial score (nSPS) is 35.0. The van der Waals surface area contributed by atoms with E-state index in [-0.39, 0.29) is 0 Å². The molecule has 1 heterocycles. The van der Waals surface area contributed by atoms with Crippen molar-refractivity contribution in [2.24, 2.45) is 17.8 Å². The molecule has 0 bridgehead atoms. The molecule has 0 aromatic heterocycles. The Balaban J connectivity index is 1.79. The summed E-state index contributed by atoms with van der Waals surface area (Å²) in [6, 6.07) is 0.786. The van der Waals surface area contributed by atoms with Gasteiger partial charge in [0.25, 0.3) is 0 Å². The third kappa shape index (κ3) is 3.71. The van der Waals surface area contributed by atoms with Crippen LogP contribution in [0.25, 0.3) is 0 Å². The van der Waals surface area contributed by atoms with Crippen LogP contribution in [0.2, 0.25) is 0 Å². The molecule has 2 nitrogen and oxygen atoms in total. The van der Waals surface area contributed by atoms with Crippen molar-refractivity contribution in [3.8, 4) is 0 Å². The van der Waals surface area contributed by atoms with E-state index in [1.807, 2.05) is 0 Å².